The van der Waals surface area contributed by atoms with Gasteiger partial charge in [0.1, 0.15) is 5.52 Å². The molecule has 2 aromatic heterocycles. The van der Waals surface area contributed by atoms with Gasteiger partial charge in [-0.25, -0.2) is 13.9 Å². The minimum absolute atomic E-state index is 0.00533. The van der Waals surface area contributed by atoms with E-state index in [0.717, 1.165) is 29.7 Å². The van der Waals surface area contributed by atoms with Gasteiger partial charge >= 0.3 is 0 Å². The number of halogens is 1. The first kappa shape index (κ1) is 22.3. The van der Waals surface area contributed by atoms with Gasteiger partial charge in [-0.05, 0) is 56.9 Å². The molecule has 0 aliphatic carbocycles. The van der Waals surface area contributed by atoms with Crippen LogP contribution in [0.25, 0.3) is 5.52 Å². The molecule has 9 heteroatoms. The van der Waals surface area contributed by atoms with Gasteiger partial charge in [0.2, 0.25) is 5.91 Å². The highest BCUT2D eigenvalue weighted by molar-refractivity contribution is 5.99. The molecule has 1 amide bonds. The minimum atomic E-state index is -0.798. The maximum atomic E-state index is 14.4. The Morgan fingerprint density at radius 3 is 2.91 bits per heavy atom. The zero-order chi connectivity index (χ0) is 24.0. The van der Waals surface area contributed by atoms with Gasteiger partial charge in [-0.15, -0.1) is 0 Å². The van der Waals surface area contributed by atoms with Crippen LogP contribution in [0.4, 0.5) is 15.8 Å². The molecule has 3 aromatic rings. The lowest BCUT2D eigenvalue weighted by atomic mass is 9.83. The number of anilines is 2. The van der Waals surface area contributed by atoms with E-state index in [1.807, 2.05) is 39.0 Å². The van der Waals surface area contributed by atoms with Gasteiger partial charge in [0.05, 0.1) is 36.1 Å². The first-order chi connectivity index (χ1) is 16.2. The lowest BCUT2D eigenvalue weighted by Gasteiger charge is -2.42. The van der Waals surface area contributed by atoms with Gasteiger partial charge in [-0.2, -0.15) is 5.10 Å². The van der Waals surface area contributed by atoms with Crippen LogP contribution in [0.2, 0.25) is 0 Å². The Morgan fingerprint density at radius 1 is 1.32 bits per heavy atom. The van der Waals surface area contributed by atoms with Crippen LogP contribution in [0.5, 0.6) is 0 Å². The molecule has 1 saturated heterocycles. The quantitative estimate of drug-likeness (QED) is 0.611. The topological polar surface area (TPSA) is 97.2 Å². The van der Waals surface area contributed by atoms with Gasteiger partial charge in [0, 0.05) is 24.4 Å². The van der Waals surface area contributed by atoms with Crippen molar-refractivity contribution < 1.29 is 13.9 Å². The van der Waals surface area contributed by atoms with Crippen LogP contribution in [0, 0.1) is 12.7 Å². The molecular formula is C25H29FN6O2. The molecule has 0 saturated carbocycles. The van der Waals surface area contributed by atoms with Gasteiger partial charge in [-0.3, -0.25) is 9.69 Å². The SMILES string of the molecule is Cc1c(Nc2cc(F)c3ccnn3c2)cccc1[C@]1(C)CC(=O)N([C@@H]2CCO[C@H](C)C2)C(N)=N1. The zero-order valence-electron chi connectivity index (χ0n) is 19.6. The second kappa shape index (κ2) is 8.39. The van der Waals surface area contributed by atoms with Crippen molar-refractivity contribution in [3.63, 3.8) is 0 Å². The summed E-state index contributed by atoms with van der Waals surface area (Å²) in [5.41, 5.74) is 9.18. The third-order valence-corrected chi connectivity index (χ3v) is 6.85. The Morgan fingerprint density at radius 2 is 2.15 bits per heavy atom. The van der Waals surface area contributed by atoms with Crippen LogP contribution in [0.3, 0.4) is 0 Å². The Bertz CT molecular complexity index is 1290. The van der Waals surface area contributed by atoms with Crippen LogP contribution in [0.15, 0.2) is 47.7 Å². The number of nitrogens with zero attached hydrogens (tertiary/aromatic N) is 4. The summed E-state index contributed by atoms with van der Waals surface area (Å²) in [6, 6.07) is 8.86. The van der Waals surface area contributed by atoms with Crippen LogP contribution in [-0.2, 0) is 15.1 Å². The first-order valence-corrected chi connectivity index (χ1v) is 11.5. The maximum absolute atomic E-state index is 14.4. The Kier molecular flexibility index (Phi) is 5.51. The third-order valence-electron chi connectivity index (χ3n) is 6.85. The van der Waals surface area contributed by atoms with Crippen LogP contribution >= 0.6 is 0 Å². The van der Waals surface area contributed by atoms with E-state index in [4.69, 9.17) is 15.5 Å². The molecule has 3 N–H and O–H groups in total. The Hall–Kier alpha value is -3.46. The summed E-state index contributed by atoms with van der Waals surface area (Å²) in [5, 5.41) is 7.42. The van der Waals surface area contributed by atoms with E-state index in [2.05, 4.69) is 10.4 Å². The number of amides is 1. The monoisotopic (exact) mass is 464 g/mol. The van der Waals surface area contributed by atoms with Crippen molar-refractivity contribution >= 4 is 28.8 Å². The molecule has 34 heavy (non-hydrogen) atoms. The molecule has 1 aromatic carbocycles. The molecule has 0 spiro atoms. The molecule has 0 unspecified atom stereocenters. The number of carbonyl (C=O) groups is 1. The molecule has 178 valence electrons. The Balaban J connectivity index is 1.45. The van der Waals surface area contributed by atoms with Crippen molar-refractivity contribution in [2.24, 2.45) is 10.7 Å². The number of benzene rings is 1. The molecule has 8 nitrogen and oxygen atoms in total. The van der Waals surface area contributed by atoms with E-state index in [0.29, 0.717) is 17.8 Å². The van der Waals surface area contributed by atoms with Crippen molar-refractivity contribution in [1.29, 1.82) is 0 Å². The number of hydrogen-bond donors (Lipinski definition) is 2. The Labute approximate surface area is 197 Å². The number of ether oxygens (including phenoxy) is 1. The number of hydrogen-bond acceptors (Lipinski definition) is 6. The van der Waals surface area contributed by atoms with E-state index in [1.54, 1.807) is 23.4 Å². The summed E-state index contributed by atoms with van der Waals surface area (Å²) in [6.45, 7) is 6.52. The minimum Gasteiger partial charge on any atom is -0.378 e. The van der Waals surface area contributed by atoms with Crippen LogP contribution < -0.4 is 11.1 Å². The summed E-state index contributed by atoms with van der Waals surface area (Å²) in [5.74, 6) is -0.138. The van der Waals surface area contributed by atoms with Crippen molar-refractivity contribution in [2.75, 3.05) is 11.9 Å². The molecule has 1 fully saturated rings. The summed E-state index contributed by atoms with van der Waals surface area (Å²) < 4.78 is 21.6. The highest BCUT2D eigenvalue weighted by Gasteiger charge is 2.42. The third kappa shape index (κ3) is 3.90. The number of carbonyl (C=O) groups excluding carboxylic acids is 1. The highest BCUT2D eigenvalue weighted by Crippen LogP contribution is 2.39. The second-order valence-electron chi connectivity index (χ2n) is 9.38. The van der Waals surface area contributed by atoms with Crippen LogP contribution in [0.1, 0.15) is 44.2 Å². The molecular weight excluding hydrogens is 435 g/mol. The average Bonchev–Trinajstić information content (AvgIpc) is 3.24. The number of nitrogens with one attached hydrogen (secondary N) is 1. The number of fused-ring (bicyclic) bond motifs is 1. The smallest absolute Gasteiger partial charge is 0.232 e. The molecule has 0 bridgehead atoms. The fourth-order valence-electron chi connectivity index (χ4n) is 5.17. The summed E-state index contributed by atoms with van der Waals surface area (Å²) in [7, 11) is 0. The number of nitrogens with two attached hydrogens (primary N) is 1. The van der Waals surface area contributed by atoms with Crippen LogP contribution in [-0.4, -0.2) is 45.1 Å². The van der Waals surface area contributed by atoms with E-state index in [-0.39, 0.29) is 36.3 Å². The zero-order valence-corrected chi connectivity index (χ0v) is 19.6. The fraction of sp³-hybridized carbons (Fsp3) is 0.400. The lowest BCUT2D eigenvalue weighted by molar-refractivity contribution is -0.133. The van der Waals surface area contributed by atoms with Gasteiger partial charge in [-0.1, -0.05) is 12.1 Å². The van der Waals surface area contributed by atoms with Crippen molar-refractivity contribution in [3.05, 3.63) is 59.7 Å². The maximum Gasteiger partial charge on any atom is 0.232 e. The normalized spacial score (nSPS) is 25.5. The number of aromatic nitrogens is 2. The first-order valence-electron chi connectivity index (χ1n) is 11.5. The summed E-state index contributed by atoms with van der Waals surface area (Å²) in [6.07, 6.45) is 5.09. The molecule has 5 rings (SSSR count). The molecule has 2 aliphatic rings. The molecule has 2 aliphatic heterocycles. The van der Waals surface area contributed by atoms with Crippen molar-refractivity contribution in [3.8, 4) is 0 Å². The number of pyridine rings is 1. The second-order valence-corrected chi connectivity index (χ2v) is 9.38. The largest absolute Gasteiger partial charge is 0.378 e. The van der Waals surface area contributed by atoms with Crippen molar-refractivity contribution in [2.45, 2.75) is 57.7 Å². The van der Waals surface area contributed by atoms with E-state index in [1.165, 1.54) is 10.6 Å². The number of guanidine groups is 1. The van der Waals surface area contributed by atoms with E-state index < -0.39 is 5.54 Å². The predicted octanol–water partition coefficient (Wildman–Crippen LogP) is 3.86. The van der Waals surface area contributed by atoms with Gasteiger partial charge in [0.15, 0.2) is 11.8 Å². The van der Waals surface area contributed by atoms with Gasteiger partial charge in [0.25, 0.3) is 0 Å². The predicted molar refractivity (Wildman–Crippen MR) is 128 cm³/mol. The fourth-order valence-corrected chi connectivity index (χ4v) is 5.17. The standard InChI is InChI=1S/C25H29FN6O2/c1-15-11-18(8-10-34-15)32-23(33)13-25(3,30-24(32)27)19-5-4-6-21(16(19)2)29-17-12-20(26)22-7-9-28-31(22)14-17/h4-7,9,12,14-15,18,29H,8,10-11,13H2,1-3H3,(H2,27,30)/t15-,18-,25+/m1/s1. The van der Waals surface area contributed by atoms with E-state index >= 15 is 0 Å². The van der Waals surface area contributed by atoms with Crippen molar-refractivity contribution in [1.82, 2.24) is 14.5 Å². The van der Waals surface area contributed by atoms with Gasteiger partial charge < -0.3 is 15.8 Å². The number of rotatable bonds is 4. The summed E-state index contributed by atoms with van der Waals surface area (Å²) >= 11 is 0. The average molecular weight is 465 g/mol. The molecule has 4 heterocycles. The van der Waals surface area contributed by atoms with E-state index in [9.17, 15) is 9.18 Å². The lowest BCUT2D eigenvalue weighted by Crippen LogP contribution is -2.56. The summed E-state index contributed by atoms with van der Waals surface area (Å²) in [4.78, 5) is 19.8. The molecule has 3 atom stereocenters. The molecule has 0 radical (unpaired) electrons. The highest BCUT2D eigenvalue weighted by atomic mass is 19.1. The number of aliphatic imine (C=N–C) groups is 1.